The monoisotopic (exact) mass is 379 g/mol. The second-order valence-corrected chi connectivity index (χ2v) is 8.33. The number of ether oxygens (including phenoxy) is 1. The molecule has 8 heteroatoms. The minimum absolute atomic E-state index is 0.0565. The Morgan fingerprint density at radius 1 is 1.30 bits per heavy atom. The van der Waals surface area contributed by atoms with Gasteiger partial charge in [0.15, 0.2) is 0 Å². The molecule has 0 spiro atoms. The highest BCUT2D eigenvalue weighted by Gasteiger charge is 2.24. The molecular formula is C19H33N5O3. The first-order valence-electron chi connectivity index (χ1n) is 9.92. The fraction of sp³-hybridized carbons (Fsp3) is 0.789. The van der Waals surface area contributed by atoms with E-state index in [2.05, 4.69) is 25.8 Å². The third-order valence-corrected chi connectivity index (χ3v) is 4.70. The number of H-pyrrole nitrogens is 1. The summed E-state index contributed by atoms with van der Waals surface area (Å²) < 4.78 is 5.39. The minimum atomic E-state index is -0.534. The summed E-state index contributed by atoms with van der Waals surface area (Å²) in [6.07, 6.45) is 9.04. The number of rotatable bonds is 8. The Kier molecular flexibility index (Phi) is 8.06. The zero-order valence-corrected chi connectivity index (χ0v) is 16.7. The van der Waals surface area contributed by atoms with Crippen LogP contribution in [0.5, 0.6) is 0 Å². The largest absolute Gasteiger partial charge is 0.444 e. The number of carbonyl (C=O) groups excluding carboxylic acids is 2. The third-order valence-electron chi connectivity index (χ3n) is 4.70. The van der Waals surface area contributed by atoms with Crippen molar-refractivity contribution < 1.29 is 14.3 Å². The average Bonchev–Trinajstić information content (AvgIpc) is 3.10. The number of hydrogen-bond donors (Lipinski definition) is 3. The number of amides is 2. The lowest BCUT2D eigenvalue weighted by Crippen LogP contribution is -2.41. The van der Waals surface area contributed by atoms with Gasteiger partial charge in [-0.15, -0.1) is 0 Å². The van der Waals surface area contributed by atoms with Gasteiger partial charge in [-0.1, -0.05) is 32.1 Å². The summed E-state index contributed by atoms with van der Waals surface area (Å²) in [6.45, 7) is 5.87. The van der Waals surface area contributed by atoms with E-state index >= 15 is 0 Å². The molecule has 1 atom stereocenters. The predicted molar refractivity (Wildman–Crippen MR) is 102 cm³/mol. The van der Waals surface area contributed by atoms with Crippen LogP contribution in [-0.4, -0.2) is 38.8 Å². The maximum atomic E-state index is 12.2. The lowest BCUT2D eigenvalue weighted by atomic mass is 9.84. The molecule has 1 fully saturated rings. The van der Waals surface area contributed by atoms with Crippen LogP contribution in [-0.2, 0) is 16.1 Å². The number of aromatic nitrogens is 3. The van der Waals surface area contributed by atoms with E-state index in [1.807, 2.05) is 20.8 Å². The van der Waals surface area contributed by atoms with Crippen LogP contribution in [0.2, 0.25) is 0 Å². The van der Waals surface area contributed by atoms with E-state index in [0.717, 1.165) is 6.42 Å². The minimum Gasteiger partial charge on any atom is -0.444 e. The summed E-state index contributed by atoms with van der Waals surface area (Å²) in [5.41, 5.74) is -0.534. The van der Waals surface area contributed by atoms with Crippen LogP contribution in [0.4, 0.5) is 4.79 Å². The standard InChI is InChI=1S/C19H33N5O3/c1-19(2,3)27-18(26)23-15(11-14-7-5-4-6-8-14)9-10-17(25)20-12-16-21-13-22-24-16/h13-15H,4-12H2,1-3H3,(H,20,25)(H,23,26)(H,21,22,24). The molecule has 0 aromatic carbocycles. The van der Waals surface area contributed by atoms with Crippen molar-refractivity contribution in [2.45, 2.75) is 90.3 Å². The Morgan fingerprint density at radius 3 is 2.67 bits per heavy atom. The predicted octanol–water partition coefficient (Wildman–Crippen LogP) is 3.06. The molecule has 152 valence electrons. The van der Waals surface area contributed by atoms with Gasteiger partial charge in [-0.05, 0) is 39.5 Å². The van der Waals surface area contributed by atoms with Crippen molar-refractivity contribution in [1.82, 2.24) is 25.8 Å². The molecule has 0 radical (unpaired) electrons. The molecule has 8 nitrogen and oxygen atoms in total. The van der Waals surface area contributed by atoms with Crippen molar-refractivity contribution in [2.24, 2.45) is 5.92 Å². The molecular weight excluding hydrogens is 346 g/mol. The van der Waals surface area contributed by atoms with Gasteiger partial charge >= 0.3 is 6.09 Å². The number of hydrogen-bond acceptors (Lipinski definition) is 5. The summed E-state index contributed by atoms with van der Waals surface area (Å²) in [5.74, 6) is 1.16. The van der Waals surface area contributed by atoms with Gasteiger partial charge in [0.1, 0.15) is 17.8 Å². The van der Waals surface area contributed by atoms with E-state index in [4.69, 9.17) is 4.74 Å². The molecule has 1 aliphatic carbocycles. The van der Waals surface area contributed by atoms with Crippen LogP contribution in [0.15, 0.2) is 6.33 Å². The third kappa shape index (κ3) is 8.88. The fourth-order valence-electron chi connectivity index (χ4n) is 3.44. The van der Waals surface area contributed by atoms with Crippen LogP contribution in [0.25, 0.3) is 0 Å². The molecule has 1 aromatic heterocycles. The summed E-state index contributed by atoms with van der Waals surface area (Å²) in [7, 11) is 0. The van der Waals surface area contributed by atoms with Gasteiger partial charge in [-0.25, -0.2) is 9.78 Å². The molecule has 1 heterocycles. The second-order valence-electron chi connectivity index (χ2n) is 8.33. The molecule has 27 heavy (non-hydrogen) atoms. The van der Waals surface area contributed by atoms with Crippen molar-refractivity contribution in [1.29, 1.82) is 0 Å². The number of nitrogens with zero attached hydrogens (tertiary/aromatic N) is 2. The highest BCUT2D eigenvalue weighted by atomic mass is 16.6. The van der Waals surface area contributed by atoms with Gasteiger partial charge in [0.25, 0.3) is 0 Å². The maximum Gasteiger partial charge on any atom is 0.407 e. The van der Waals surface area contributed by atoms with Crippen molar-refractivity contribution in [3.63, 3.8) is 0 Å². The van der Waals surface area contributed by atoms with E-state index < -0.39 is 11.7 Å². The topological polar surface area (TPSA) is 109 Å². The number of alkyl carbamates (subject to hydrolysis) is 1. The van der Waals surface area contributed by atoms with E-state index in [-0.39, 0.29) is 11.9 Å². The highest BCUT2D eigenvalue weighted by Crippen LogP contribution is 2.28. The lowest BCUT2D eigenvalue weighted by Gasteiger charge is -2.28. The summed E-state index contributed by atoms with van der Waals surface area (Å²) in [6, 6.07) is -0.0565. The Morgan fingerprint density at radius 2 is 2.04 bits per heavy atom. The number of carbonyl (C=O) groups is 2. The van der Waals surface area contributed by atoms with E-state index in [1.165, 1.54) is 38.4 Å². The first kappa shape index (κ1) is 21.2. The molecule has 2 rings (SSSR count). The number of nitrogens with one attached hydrogen (secondary N) is 3. The summed E-state index contributed by atoms with van der Waals surface area (Å²) in [5, 5.41) is 12.3. The zero-order chi connectivity index (χ0) is 19.7. The molecule has 0 aliphatic heterocycles. The molecule has 1 saturated carbocycles. The quantitative estimate of drug-likeness (QED) is 0.643. The highest BCUT2D eigenvalue weighted by molar-refractivity contribution is 5.76. The van der Waals surface area contributed by atoms with Gasteiger partial charge in [-0.3, -0.25) is 9.89 Å². The molecule has 2 amide bonds. The SMILES string of the molecule is CC(C)(C)OC(=O)NC(CCC(=O)NCc1ncn[nH]1)CC1CCCCC1. The van der Waals surface area contributed by atoms with Crippen molar-refractivity contribution in [3.05, 3.63) is 12.2 Å². The molecule has 0 bridgehead atoms. The summed E-state index contributed by atoms with van der Waals surface area (Å²) in [4.78, 5) is 28.3. The Hall–Kier alpha value is -2.12. The van der Waals surface area contributed by atoms with E-state index in [9.17, 15) is 9.59 Å². The molecule has 1 aliphatic rings. The number of aromatic amines is 1. The molecule has 1 unspecified atom stereocenters. The van der Waals surface area contributed by atoms with Crippen LogP contribution < -0.4 is 10.6 Å². The second kappa shape index (κ2) is 10.3. The van der Waals surface area contributed by atoms with Gasteiger partial charge in [-0.2, -0.15) is 5.10 Å². The van der Waals surface area contributed by atoms with Crippen molar-refractivity contribution in [3.8, 4) is 0 Å². The van der Waals surface area contributed by atoms with Gasteiger partial charge in [0, 0.05) is 12.5 Å². The molecule has 3 N–H and O–H groups in total. The maximum absolute atomic E-state index is 12.2. The van der Waals surface area contributed by atoms with Gasteiger partial charge < -0.3 is 15.4 Å². The van der Waals surface area contributed by atoms with E-state index in [1.54, 1.807) is 0 Å². The molecule has 1 aromatic rings. The Balaban J connectivity index is 1.81. The van der Waals surface area contributed by atoms with E-state index in [0.29, 0.717) is 31.1 Å². The van der Waals surface area contributed by atoms with Crippen LogP contribution in [0, 0.1) is 5.92 Å². The smallest absolute Gasteiger partial charge is 0.407 e. The van der Waals surface area contributed by atoms with Crippen molar-refractivity contribution in [2.75, 3.05) is 0 Å². The van der Waals surface area contributed by atoms with Gasteiger partial charge in [0.05, 0.1) is 6.54 Å². The van der Waals surface area contributed by atoms with Crippen LogP contribution in [0.1, 0.15) is 78.0 Å². The van der Waals surface area contributed by atoms with Crippen molar-refractivity contribution >= 4 is 12.0 Å². The first-order valence-corrected chi connectivity index (χ1v) is 9.92. The van der Waals surface area contributed by atoms with Gasteiger partial charge in [0.2, 0.25) is 5.91 Å². The van der Waals surface area contributed by atoms with Crippen LogP contribution >= 0.6 is 0 Å². The Labute approximate surface area is 161 Å². The summed E-state index contributed by atoms with van der Waals surface area (Å²) >= 11 is 0. The normalized spacial score (nSPS) is 16.6. The zero-order valence-electron chi connectivity index (χ0n) is 16.7. The average molecular weight is 380 g/mol. The Bertz CT molecular complexity index is 577. The lowest BCUT2D eigenvalue weighted by molar-refractivity contribution is -0.121. The fourth-order valence-corrected chi connectivity index (χ4v) is 3.44. The van der Waals surface area contributed by atoms with Crippen LogP contribution in [0.3, 0.4) is 0 Å². The molecule has 0 saturated heterocycles. The first-order chi connectivity index (χ1) is 12.8.